The average molecular weight is 214 g/mol. The largest absolute Gasteiger partial charge is 0.313 e. The van der Waals surface area contributed by atoms with Crippen molar-refractivity contribution in [2.45, 2.75) is 6.92 Å². The molecule has 3 heteroatoms. The summed E-state index contributed by atoms with van der Waals surface area (Å²) >= 11 is 0. The van der Waals surface area contributed by atoms with E-state index in [9.17, 15) is 4.79 Å². The van der Waals surface area contributed by atoms with Crippen LogP contribution in [0.4, 0.5) is 0 Å². The van der Waals surface area contributed by atoms with E-state index in [1.54, 1.807) is 13.2 Å². The molecule has 1 heterocycles. The van der Waals surface area contributed by atoms with Crippen molar-refractivity contribution in [3.05, 3.63) is 41.7 Å². The third kappa shape index (κ3) is 2.09. The van der Waals surface area contributed by atoms with Crippen LogP contribution in [0.5, 0.6) is 0 Å². The van der Waals surface area contributed by atoms with Gasteiger partial charge in [-0.05, 0) is 31.5 Å². The van der Waals surface area contributed by atoms with Crippen molar-refractivity contribution >= 4 is 16.6 Å². The summed E-state index contributed by atoms with van der Waals surface area (Å²) in [6, 6.07) is 7.73. The minimum absolute atomic E-state index is 0.102. The maximum absolute atomic E-state index is 11.7. The van der Waals surface area contributed by atoms with Crippen LogP contribution >= 0.6 is 0 Å². The van der Waals surface area contributed by atoms with Crippen LogP contribution in [0.25, 0.3) is 10.8 Å². The molecular weight excluding hydrogens is 200 g/mol. The highest BCUT2D eigenvalue weighted by atomic mass is 16.1. The molecule has 82 valence electrons. The van der Waals surface area contributed by atoms with Crippen LogP contribution in [-0.2, 0) is 0 Å². The molecule has 0 radical (unpaired) electrons. The molecule has 0 aliphatic carbocycles. The van der Waals surface area contributed by atoms with Gasteiger partial charge < -0.3 is 5.32 Å². The lowest BCUT2D eigenvalue weighted by Gasteiger charge is -2.03. The molecule has 0 unspecified atom stereocenters. The Morgan fingerprint density at radius 1 is 1.31 bits per heavy atom. The SMILES string of the molecule is CNCC(=O)c1ccc2cc(C)ncc2c1. The van der Waals surface area contributed by atoms with E-state index < -0.39 is 0 Å². The summed E-state index contributed by atoms with van der Waals surface area (Å²) in [7, 11) is 1.77. The summed E-state index contributed by atoms with van der Waals surface area (Å²) in [6.45, 7) is 2.32. The van der Waals surface area contributed by atoms with Crippen molar-refractivity contribution in [2.24, 2.45) is 0 Å². The number of benzene rings is 1. The van der Waals surface area contributed by atoms with Crippen LogP contribution in [0.3, 0.4) is 0 Å². The minimum Gasteiger partial charge on any atom is -0.313 e. The van der Waals surface area contributed by atoms with Gasteiger partial charge in [-0.15, -0.1) is 0 Å². The first kappa shape index (κ1) is 10.8. The number of carbonyl (C=O) groups is 1. The monoisotopic (exact) mass is 214 g/mol. The molecule has 0 saturated carbocycles. The molecule has 0 fully saturated rings. The van der Waals surface area contributed by atoms with E-state index in [0.717, 1.165) is 22.0 Å². The van der Waals surface area contributed by atoms with Crippen LogP contribution in [0, 0.1) is 6.92 Å². The van der Waals surface area contributed by atoms with Crippen LogP contribution in [0.2, 0.25) is 0 Å². The summed E-state index contributed by atoms with van der Waals surface area (Å²) in [5.41, 5.74) is 1.72. The molecule has 1 aromatic carbocycles. The van der Waals surface area contributed by atoms with Crippen molar-refractivity contribution in [1.29, 1.82) is 0 Å². The first-order valence-electron chi connectivity index (χ1n) is 5.25. The van der Waals surface area contributed by atoms with E-state index in [2.05, 4.69) is 10.3 Å². The van der Waals surface area contributed by atoms with Crippen molar-refractivity contribution in [3.63, 3.8) is 0 Å². The predicted molar refractivity (Wildman–Crippen MR) is 64.7 cm³/mol. The molecule has 0 spiro atoms. The highest BCUT2D eigenvalue weighted by Gasteiger charge is 2.05. The van der Waals surface area contributed by atoms with E-state index in [-0.39, 0.29) is 5.78 Å². The molecule has 0 bridgehead atoms. The Balaban J connectivity index is 2.44. The lowest BCUT2D eigenvalue weighted by molar-refractivity contribution is 0.0993. The quantitative estimate of drug-likeness (QED) is 0.794. The van der Waals surface area contributed by atoms with Crippen molar-refractivity contribution in [3.8, 4) is 0 Å². The number of Topliss-reactive ketones (excluding diaryl/α,β-unsaturated/α-hetero) is 1. The third-order valence-electron chi connectivity index (χ3n) is 2.52. The summed E-state index contributed by atoms with van der Waals surface area (Å²) in [6.07, 6.45) is 1.81. The van der Waals surface area contributed by atoms with Gasteiger partial charge in [0.15, 0.2) is 5.78 Å². The fourth-order valence-corrected chi connectivity index (χ4v) is 1.69. The molecule has 3 nitrogen and oxygen atoms in total. The third-order valence-corrected chi connectivity index (χ3v) is 2.52. The molecule has 16 heavy (non-hydrogen) atoms. The Morgan fingerprint density at radius 2 is 2.12 bits per heavy atom. The predicted octanol–water partition coefficient (Wildman–Crippen LogP) is 1.95. The fraction of sp³-hybridized carbons (Fsp3) is 0.231. The number of nitrogens with zero attached hydrogens (tertiary/aromatic N) is 1. The lowest BCUT2D eigenvalue weighted by Crippen LogP contribution is -2.18. The Labute approximate surface area is 94.5 Å². The second kappa shape index (κ2) is 4.41. The van der Waals surface area contributed by atoms with Crippen LogP contribution in [0.1, 0.15) is 16.1 Å². The summed E-state index contributed by atoms with van der Waals surface area (Å²) in [5, 5.41) is 4.98. The maximum atomic E-state index is 11.7. The fourth-order valence-electron chi connectivity index (χ4n) is 1.69. The van der Waals surface area contributed by atoms with Gasteiger partial charge in [0.05, 0.1) is 6.54 Å². The van der Waals surface area contributed by atoms with Gasteiger partial charge in [0.25, 0.3) is 0 Å². The molecule has 0 amide bonds. The Hall–Kier alpha value is -1.74. The summed E-state index contributed by atoms with van der Waals surface area (Å²) in [5.74, 6) is 0.102. The number of hydrogen-bond donors (Lipinski definition) is 1. The number of aromatic nitrogens is 1. The highest BCUT2D eigenvalue weighted by Crippen LogP contribution is 2.16. The van der Waals surface area contributed by atoms with Gasteiger partial charge in [0.2, 0.25) is 0 Å². The number of hydrogen-bond acceptors (Lipinski definition) is 3. The number of aryl methyl sites for hydroxylation is 1. The Morgan fingerprint density at radius 3 is 2.88 bits per heavy atom. The van der Waals surface area contributed by atoms with Gasteiger partial charge in [0, 0.05) is 22.8 Å². The Kier molecular flexibility index (Phi) is 2.97. The number of nitrogens with one attached hydrogen (secondary N) is 1. The van der Waals surface area contributed by atoms with Gasteiger partial charge in [-0.3, -0.25) is 9.78 Å². The number of ketones is 1. The van der Waals surface area contributed by atoms with Crippen molar-refractivity contribution in [2.75, 3.05) is 13.6 Å². The molecule has 0 saturated heterocycles. The van der Waals surface area contributed by atoms with E-state index in [0.29, 0.717) is 6.54 Å². The number of carbonyl (C=O) groups excluding carboxylic acids is 1. The summed E-state index contributed by atoms with van der Waals surface area (Å²) in [4.78, 5) is 15.9. The van der Waals surface area contributed by atoms with Gasteiger partial charge >= 0.3 is 0 Å². The van der Waals surface area contributed by atoms with E-state index >= 15 is 0 Å². The Bertz CT molecular complexity index is 534. The van der Waals surface area contributed by atoms with E-state index in [1.165, 1.54) is 0 Å². The molecule has 1 N–H and O–H groups in total. The highest BCUT2D eigenvalue weighted by molar-refractivity contribution is 6.01. The molecule has 0 aliphatic heterocycles. The zero-order chi connectivity index (χ0) is 11.5. The standard InChI is InChI=1S/C13H14N2O/c1-9-5-10-3-4-11(13(16)8-14-2)6-12(10)7-15-9/h3-7,14H,8H2,1-2H3. The second-order valence-electron chi connectivity index (χ2n) is 3.84. The van der Waals surface area contributed by atoms with Gasteiger partial charge in [-0.2, -0.15) is 0 Å². The first-order chi connectivity index (χ1) is 7.70. The van der Waals surface area contributed by atoms with Crippen molar-refractivity contribution < 1.29 is 4.79 Å². The second-order valence-corrected chi connectivity index (χ2v) is 3.84. The molecule has 2 aromatic rings. The van der Waals surface area contributed by atoms with Gasteiger partial charge in [-0.1, -0.05) is 12.1 Å². The van der Waals surface area contributed by atoms with Crippen LogP contribution in [0.15, 0.2) is 30.5 Å². The zero-order valence-corrected chi connectivity index (χ0v) is 9.45. The lowest BCUT2D eigenvalue weighted by atomic mass is 10.1. The van der Waals surface area contributed by atoms with Gasteiger partial charge in [-0.25, -0.2) is 0 Å². The van der Waals surface area contributed by atoms with E-state index in [4.69, 9.17) is 0 Å². The minimum atomic E-state index is 0.102. The topological polar surface area (TPSA) is 42.0 Å². The van der Waals surface area contributed by atoms with E-state index in [1.807, 2.05) is 31.2 Å². The molecule has 0 aliphatic rings. The smallest absolute Gasteiger partial charge is 0.176 e. The molecule has 0 atom stereocenters. The summed E-state index contributed by atoms with van der Waals surface area (Å²) < 4.78 is 0. The van der Waals surface area contributed by atoms with Crippen molar-refractivity contribution in [1.82, 2.24) is 10.3 Å². The maximum Gasteiger partial charge on any atom is 0.176 e. The average Bonchev–Trinajstić information content (AvgIpc) is 2.28. The number of fused-ring (bicyclic) bond motifs is 1. The van der Waals surface area contributed by atoms with Crippen LogP contribution in [-0.4, -0.2) is 24.4 Å². The van der Waals surface area contributed by atoms with Gasteiger partial charge in [0.1, 0.15) is 0 Å². The van der Waals surface area contributed by atoms with Crippen LogP contribution < -0.4 is 5.32 Å². The molecular formula is C13H14N2O. The zero-order valence-electron chi connectivity index (χ0n) is 9.45. The number of pyridine rings is 1. The normalized spacial score (nSPS) is 10.6. The number of rotatable bonds is 3. The molecule has 2 rings (SSSR count). The molecule has 1 aromatic heterocycles. The number of likely N-dealkylation sites (N-methyl/N-ethyl adjacent to an activating group) is 1. The first-order valence-corrected chi connectivity index (χ1v) is 5.25.